The number of benzene rings is 3. The Kier molecular flexibility index (Phi) is 11.3. The van der Waals surface area contributed by atoms with Crippen molar-refractivity contribution in [3.05, 3.63) is 77.9 Å². The molecule has 0 aliphatic heterocycles. The maximum atomic E-state index is 14.2. The third kappa shape index (κ3) is 8.43. The number of hydrogen-bond donors (Lipinski definition) is 1. The molecule has 10 nitrogen and oxygen atoms in total. The Labute approximate surface area is 261 Å². The Balaban J connectivity index is 2.10. The minimum absolute atomic E-state index is 0.0965. The zero-order valence-corrected chi connectivity index (χ0v) is 27.5. The SMILES string of the molecule is CCOc1ccc(N(CC(=O)N(Cc2ccccc2C)C(C)C(=O)NC(C)(C)C)S(=O)(=O)c2ccc(OC)c(OC)c2)cc1. The fourth-order valence-electron chi connectivity index (χ4n) is 4.54. The number of nitrogens with one attached hydrogen (secondary N) is 1. The predicted molar refractivity (Wildman–Crippen MR) is 171 cm³/mol. The molecule has 3 aromatic rings. The molecule has 0 bridgehead atoms. The summed E-state index contributed by atoms with van der Waals surface area (Å²) in [6, 6.07) is 17.4. The molecule has 2 amide bonds. The van der Waals surface area contributed by atoms with Gasteiger partial charge in [0.1, 0.15) is 18.3 Å². The number of hydrogen-bond acceptors (Lipinski definition) is 7. The fraction of sp³-hybridized carbons (Fsp3) is 0.394. The van der Waals surface area contributed by atoms with Crippen molar-refractivity contribution in [2.45, 2.75) is 64.6 Å². The monoisotopic (exact) mass is 625 g/mol. The quantitative estimate of drug-likeness (QED) is 0.286. The highest BCUT2D eigenvalue weighted by Crippen LogP contribution is 2.33. The molecule has 0 aliphatic rings. The van der Waals surface area contributed by atoms with Crippen LogP contribution in [0.4, 0.5) is 5.69 Å². The molecule has 11 heteroatoms. The number of anilines is 1. The first-order valence-corrected chi connectivity index (χ1v) is 15.8. The Bertz CT molecular complexity index is 1550. The summed E-state index contributed by atoms with van der Waals surface area (Å²) in [5.74, 6) is 0.232. The summed E-state index contributed by atoms with van der Waals surface area (Å²) in [5, 5.41) is 2.93. The molecule has 0 aromatic heterocycles. The maximum absolute atomic E-state index is 14.2. The zero-order chi connectivity index (χ0) is 32.7. The fourth-order valence-corrected chi connectivity index (χ4v) is 5.97. The van der Waals surface area contributed by atoms with Crippen molar-refractivity contribution in [3.63, 3.8) is 0 Å². The standard InChI is InChI=1S/C33H43N3O7S/c1-9-43-27-16-14-26(15-17-27)36(44(39,40)28-18-19-29(41-7)30(20-28)42-8)22-31(37)35(21-25-13-11-10-12-23(25)2)24(3)32(38)34-33(4,5)6/h10-20,24H,9,21-22H2,1-8H3,(H,34,38). The lowest BCUT2D eigenvalue weighted by Crippen LogP contribution is -2.54. The molecule has 0 spiro atoms. The van der Waals surface area contributed by atoms with Crippen molar-refractivity contribution in [3.8, 4) is 17.2 Å². The summed E-state index contributed by atoms with van der Waals surface area (Å²) in [6.07, 6.45) is 0. The molecule has 44 heavy (non-hydrogen) atoms. The molecule has 3 rings (SSSR count). The van der Waals surface area contributed by atoms with Gasteiger partial charge >= 0.3 is 0 Å². The van der Waals surface area contributed by atoms with E-state index in [0.717, 1.165) is 15.4 Å². The smallest absolute Gasteiger partial charge is 0.264 e. The van der Waals surface area contributed by atoms with E-state index in [1.807, 2.05) is 58.9 Å². The van der Waals surface area contributed by atoms with Gasteiger partial charge in [0, 0.05) is 18.2 Å². The van der Waals surface area contributed by atoms with E-state index in [2.05, 4.69) is 5.32 Å². The van der Waals surface area contributed by atoms with Crippen LogP contribution in [0.2, 0.25) is 0 Å². The highest BCUT2D eigenvalue weighted by molar-refractivity contribution is 7.92. The molecule has 1 atom stereocenters. The molecule has 1 unspecified atom stereocenters. The number of nitrogens with zero attached hydrogens (tertiary/aromatic N) is 2. The van der Waals surface area contributed by atoms with Crippen molar-refractivity contribution in [2.75, 3.05) is 31.7 Å². The lowest BCUT2D eigenvalue weighted by Gasteiger charge is -2.33. The lowest BCUT2D eigenvalue weighted by atomic mass is 10.1. The van der Waals surface area contributed by atoms with Crippen LogP contribution < -0.4 is 23.8 Å². The van der Waals surface area contributed by atoms with Gasteiger partial charge in [-0.05, 0) is 89.1 Å². The normalized spacial score (nSPS) is 12.2. The van der Waals surface area contributed by atoms with E-state index < -0.39 is 34.1 Å². The average Bonchev–Trinajstić information content (AvgIpc) is 2.98. The second kappa shape index (κ2) is 14.5. The van der Waals surface area contributed by atoms with E-state index in [-0.39, 0.29) is 28.8 Å². The van der Waals surface area contributed by atoms with E-state index >= 15 is 0 Å². The number of carbonyl (C=O) groups excluding carboxylic acids is 2. The van der Waals surface area contributed by atoms with Gasteiger partial charge in [0.15, 0.2) is 11.5 Å². The molecular weight excluding hydrogens is 582 g/mol. The van der Waals surface area contributed by atoms with Crippen LogP contribution in [0.5, 0.6) is 17.2 Å². The summed E-state index contributed by atoms with van der Waals surface area (Å²) in [7, 11) is -1.44. The maximum Gasteiger partial charge on any atom is 0.264 e. The highest BCUT2D eigenvalue weighted by atomic mass is 32.2. The van der Waals surface area contributed by atoms with Crippen LogP contribution in [-0.2, 0) is 26.2 Å². The van der Waals surface area contributed by atoms with E-state index in [0.29, 0.717) is 18.1 Å². The summed E-state index contributed by atoms with van der Waals surface area (Å²) in [4.78, 5) is 28.8. The van der Waals surface area contributed by atoms with Crippen LogP contribution in [-0.4, -0.2) is 64.1 Å². The van der Waals surface area contributed by atoms with E-state index in [4.69, 9.17) is 14.2 Å². The van der Waals surface area contributed by atoms with Gasteiger partial charge in [0.2, 0.25) is 11.8 Å². The third-order valence-electron chi connectivity index (χ3n) is 6.93. The minimum atomic E-state index is -4.31. The molecule has 3 aromatic carbocycles. The summed E-state index contributed by atoms with van der Waals surface area (Å²) in [5.41, 5.74) is 1.49. The first kappa shape index (κ1) is 34.2. The number of ether oxygens (including phenoxy) is 3. The summed E-state index contributed by atoms with van der Waals surface area (Å²) >= 11 is 0. The Hall–Kier alpha value is -4.25. The molecule has 1 N–H and O–H groups in total. The number of carbonyl (C=O) groups is 2. The first-order valence-electron chi connectivity index (χ1n) is 14.4. The van der Waals surface area contributed by atoms with E-state index in [9.17, 15) is 18.0 Å². The molecule has 238 valence electrons. The van der Waals surface area contributed by atoms with Crippen LogP contribution >= 0.6 is 0 Å². The van der Waals surface area contributed by atoms with Gasteiger partial charge in [0.25, 0.3) is 10.0 Å². The van der Waals surface area contributed by atoms with Gasteiger partial charge in [-0.15, -0.1) is 0 Å². The average molecular weight is 626 g/mol. The van der Waals surface area contributed by atoms with E-state index in [1.54, 1.807) is 31.2 Å². The van der Waals surface area contributed by atoms with Crippen molar-refractivity contribution in [1.82, 2.24) is 10.2 Å². The largest absolute Gasteiger partial charge is 0.494 e. The van der Waals surface area contributed by atoms with E-state index in [1.165, 1.54) is 37.3 Å². The predicted octanol–water partition coefficient (Wildman–Crippen LogP) is 4.94. The van der Waals surface area contributed by atoms with Crippen LogP contribution in [0.1, 0.15) is 45.7 Å². The van der Waals surface area contributed by atoms with Gasteiger partial charge in [-0.3, -0.25) is 13.9 Å². The van der Waals surface area contributed by atoms with Gasteiger partial charge in [-0.2, -0.15) is 0 Å². The molecular formula is C33H43N3O7S. The first-order chi connectivity index (χ1) is 20.7. The second-order valence-electron chi connectivity index (χ2n) is 11.3. The number of methoxy groups -OCH3 is 2. The highest BCUT2D eigenvalue weighted by Gasteiger charge is 2.34. The van der Waals surface area contributed by atoms with Gasteiger partial charge in [-0.1, -0.05) is 24.3 Å². The van der Waals surface area contributed by atoms with Crippen molar-refractivity contribution >= 4 is 27.5 Å². The number of sulfonamides is 1. The Morgan fingerprint density at radius 1 is 0.932 bits per heavy atom. The van der Waals surface area contributed by atoms with Crippen LogP contribution in [0.25, 0.3) is 0 Å². The molecule has 0 saturated carbocycles. The van der Waals surface area contributed by atoms with Crippen molar-refractivity contribution in [2.24, 2.45) is 0 Å². The van der Waals surface area contributed by atoms with Gasteiger partial charge in [-0.25, -0.2) is 8.42 Å². The number of rotatable bonds is 13. The van der Waals surface area contributed by atoms with Crippen molar-refractivity contribution < 1.29 is 32.2 Å². The van der Waals surface area contributed by atoms with Crippen molar-refractivity contribution in [1.29, 1.82) is 0 Å². The van der Waals surface area contributed by atoms with Gasteiger partial charge < -0.3 is 24.4 Å². The third-order valence-corrected chi connectivity index (χ3v) is 8.69. The van der Waals surface area contributed by atoms with Crippen LogP contribution in [0.15, 0.2) is 71.6 Å². The summed E-state index contributed by atoms with van der Waals surface area (Å²) in [6.45, 7) is 11.0. The number of aryl methyl sites for hydroxylation is 1. The molecule has 0 fully saturated rings. The molecule has 0 aliphatic carbocycles. The number of amides is 2. The van der Waals surface area contributed by atoms with Crippen LogP contribution in [0, 0.1) is 6.92 Å². The topological polar surface area (TPSA) is 114 Å². The molecule has 0 saturated heterocycles. The summed E-state index contributed by atoms with van der Waals surface area (Å²) < 4.78 is 45.7. The minimum Gasteiger partial charge on any atom is -0.494 e. The lowest BCUT2D eigenvalue weighted by molar-refractivity contribution is -0.140. The Morgan fingerprint density at radius 2 is 1.57 bits per heavy atom. The van der Waals surface area contributed by atoms with Crippen LogP contribution in [0.3, 0.4) is 0 Å². The zero-order valence-electron chi connectivity index (χ0n) is 26.7. The molecule has 0 radical (unpaired) electrons. The second-order valence-corrected chi connectivity index (χ2v) is 13.2. The van der Waals surface area contributed by atoms with Gasteiger partial charge in [0.05, 0.1) is 31.4 Å². The molecule has 0 heterocycles. The Morgan fingerprint density at radius 3 is 2.14 bits per heavy atom.